The van der Waals surface area contributed by atoms with Gasteiger partial charge in [0, 0.05) is 18.2 Å². The van der Waals surface area contributed by atoms with Crippen molar-refractivity contribution in [3.8, 4) is 11.3 Å². The van der Waals surface area contributed by atoms with Crippen LogP contribution in [0.3, 0.4) is 0 Å². The number of carboxylic acid groups (broad SMARTS) is 1. The van der Waals surface area contributed by atoms with Crippen LogP contribution in [0.5, 0.6) is 0 Å². The van der Waals surface area contributed by atoms with E-state index in [2.05, 4.69) is 30.3 Å². The number of carboxylic acids is 1. The molecule has 0 spiro atoms. The lowest BCUT2D eigenvalue weighted by Gasteiger charge is -2.12. The molecule has 1 fully saturated rings. The van der Waals surface area contributed by atoms with Crippen molar-refractivity contribution in [2.45, 2.75) is 6.42 Å². The quantitative estimate of drug-likeness (QED) is 0.227. The number of benzene rings is 3. The molecule has 7 heteroatoms. The monoisotopic (exact) mass is 459 g/mol. The molecule has 0 unspecified atom stereocenters. The molecule has 0 radical (unpaired) electrons. The van der Waals surface area contributed by atoms with E-state index in [9.17, 15) is 9.59 Å². The third-order valence-corrected chi connectivity index (χ3v) is 6.73. The maximum atomic E-state index is 12.6. The second-order valence-electron chi connectivity index (χ2n) is 7.37. The number of furan rings is 1. The van der Waals surface area contributed by atoms with E-state index < -0.39 is 5.97 Å². The second-order valence-corrected chi connectivity index (χ2v) is 9.05. The molecule has 5 rings (SSSR count). The average Bonchev–Trinajstić information content (AvgIpc) is 3.36. The first-order valence-corrected chi connectivity index (χ1v) is 11.2. The fraction of sp³-hybridized carbons (Fsp3) is 0.0800. The van der Waals surface area contributed by atoms with E-state index in [-0.39, 0.29) is 18.9 Å². The van der Waals surface area contributed by atoms with E-state index in [4.69, 9.17) is 21.7 Å². The minimum absolute atomic E-state index is 0.0593. The predicted molar refractivity (Wildman–Crippen MR) is 131 cm³/mol. The lowest BCUT2D eigenvalue weighted by molar-refractivity contribution is -0.137. The van der Waals surface area contributed by atoms with E-state index >= 15 is 0 Å². The van der Waals surface area contributed by atoms with Gasteiger partial charge in [-0.25, -0.2) is 0 Å². The summed E-state index contributed by atoms with van der Waals surface area (Å²) >= 11 is 6.40. The number of carbonyl (C=O) groups is 2. The number of aliphatic carboxylic acids is 1. The van der Waals surface area contributed by atoms with Crippen LogP contribution in [-0.4, -0.2) is 32.7 Å². The van der Waals surface area contributed by atoms with Crippen molar-refractivity contribution in [3.63, 3.8) is 0 Å². The van der Waals surface area contributed by atoms with Gasteiger partial charge in [-0.1, -0.05) is 72.5 Å². The minimum Gasteiger partial charge on any atom is -0.481 e. The molecule has 1 amide bonds. The molecule has 0 saturated carbocycles. The zero-order valence-corrected chi connectivity index (χ0v) is 18.4. The molecule has 1 aliphatic rings. The largest absolute Gasteiger partial charge is 0.481 e. The van der Waals surface area contributed by atoms with Crippen LogP contribution >= 0.6 is 24.0 Å². The Morgan fingerprint density at radius 1 is 1.03 bits per heavy atom. The summed E-state index contributed by atoms with van der Waals surface area (Å²) in [4.78, 5) is 25.2. The first kappa shape index (κ1) is 20.5. The lowest BCUT2D eigenvalue weighted by Crippen LogP contribution is -2.30. The number of rotatable bonds is 5. The number of hydrogen-bond donors (Lipinski definition) is 1. The summed E-state index contributed by atoms with van der Waals surface area (Å²) in [6, 6.07) is 22.3. The molecule has 5 nitrogen and oxygen atoms in total. The molecular formula is C25H17NO4S2. The summed E-state index contributed by atoms with van der Waals surface area (Å²) in [6.07, 6.45) is 1.51. The fourth-order valence-corrected chi connectivity index (χ4v) is 5.15. The Bertz CT molecular complexity index is 1440. The van der Waals surface area contributed by atoms with Crippen LogP contribution in [0, 0.1) is 0 Å². The maximum absolute atomic E-state index is 12.6. The van der Waals surface area contributed by atoms with Crippen molar-refractivity contribution >= 4 is 67.8 Å². The van der Waals surface area contributed by atoms with Crippen LogP contribution in [-0.2, 0) is 9.59 Å². The van der Waals surface area contributed by atoms with Crippen molar-refractivity contribution in [3.05, 3.63) is 77.4 Å². The molecule has 1 N–H and O–H groups in total. The van der Waals surface area contributed by atoms with Gasteiger partial charge in [0.15, 0.2) is 0 Å². The zero-order valence-electron chi connectivity index (χ0n) is 16.8. The van der Waals surface area contributed by atoms with Crippen molar-refractivity contribution in [1.29, 1.82) is 0 Å². The number of nitrogens with zero attached hydrogens (tertiary/aromatic N) is 1. The third-order valence-electron chi connectivity index (χ3n) is 5.36. The molecule has 1 aliphatic heterocycles. The van der Waals surface area contributed by atoms with Gasteiger partial charge in [0.1, 0.15) is 15.8 Å². The Morgan fingerprint density at radius 3 is 2.53 bits per heavy atom. The van der Waals surface area contributed by atoms with Crippen molar-refractivity contribution in [1.82, 2.24) is 4.90 Å². The minimum atomic E-state index is -0.971. The van der Waals surface area contributed by atoms with E-state index in [1.807, 2.05) is 36.4 Å². The van der Waals surface area contributed by atoms with Gasteiger partial charge in [-0.15, -0.1) is 0 Å². The first-order chi connectivity index (χ1) is 15.5. The third kappa shape index (κ3) is 3.70. The lowest BCUT2D eigenvalue weighted by atomic mass is 9.96. The van der Waals surface area contributed by atoms with Gasteiger partial charge in [0.25, 0.3) is 5.91 Å². The fourth-order valence-electron chi connectivity index (χ4n) is 3.86. The maximum Gasteiger partial charge on any atom is 0.305 e. The van der Waals surface area contributed by atoms with Gasteiger partial charge in [-0.05, 0) is 39.7 Å². The number of fused-ring (bicyclic) bond motifs is 3. The van der Waals surface area contributed by atoms with Crippen LogP contribution in [0.15, 0.2) is 76.1 Å². The predicted octanol–water partition coefficient (Wildman–Crippen LogP) is 5.93. The molecule has 0 aliphatic carbocycles. The van der Waals surface area contributed by atoms with Gasteiger partial charge in [0.05, 0.1) is 11.3 Å². The summed E-state index contributed by atoms with van der Waals surface area (Å²) in [5, 5.41) is 13.4. The number of hydrogen-bond acceptors (Lipinski definition) is 5. The summed E-state index contributed by atoms with van der Waals surface area (Å²) in [5.74, 6) is -0.0211. The highest BCUT2D eigenvalue weighted by Crippen LogP contribution is 2.37. The SMILES string of the molecule is O=C(O)CCN1C(=O)C(=Cc2ccc(-c3cc4ccccc4c4ccccc34)o2)SC1=S. The van der Waals surface area contributed by atoms with Crippen LogP contribution < -0.4 is 0 Å². The number of thioether (sulfide) groups is 1. The van der Waals surface area contributed by atoms with Gasteiger partial charge < -0.3 is 9.52 Å². The van der Waals surface area contributed by atoms with Crippen molar-refractivity contribution in [2.24, 2.45) is 0 Å². The molecule has 2 heterocycles. The molecule has 0 atom stereocenters. The van der Waals surface area contributed by atoms with E-state index in [1.54, 1.807) is 6.08 Å². The zero-order chi connectivity index (χ0) is 22.2. The molecule has 4 aromatic rings. The Labute approximate surface area is 193 Å². The summed E-state index contributed by atoms with van der Waals surface area (Å²) in [7, 11) is 0. The summed E-state index contributed by atoms with van der Waals surface area (Å²) in [5.41, 5.74) is 0.980. The molecule has 3 aromatic carbocycles. The van der Waals surface area contributed by atoms with Gasteiger partial charge in [0.2, 0.25) is 0 Å². The number of amides is 1. The molecule has 1 aromatic heterocycles. The molecular weight excluding hydrogens is 442 g/mol. The van der Waals surface area contributed by atoms with Gasteiger partial charge in [-0.2, -0.15) is 0 Å². The van der Waals surface area contributed by atoms with Crippen LogP contribution in [0.1, 0.15) is 12.2 Å². The van der Waals surface area contributed by atoms with Crippen molar-refractivity contribution < 1.29 is 19.1 Å². The topological polar surface area (TPSA) is 70.8 Å². The molecule has 32 heavy (non-hydrogen) atoms. The molecule has 0 bridgehead atoms. The smallest absolute Gasteiger partial charge is 0.305 e. The first-order valence-electron chi connectivity index (χ1n) is 9.99. The Balaban J connectivity index is 1.51. The number of carbonyl (C=O) groups excluding carboxylic acids is 1. The van der Waals surface area contributed by atoms with E-state index in [0.717, 1.165) is 33.5 Å². The number of thiocarbonyl (C=S) groups is 1. The second kappa shape index (κ2) is 8.26. The van der Waals surface area contributed by atoms with Crippen LogP contribution in [0.4, 0.5) is 0 Å². The normalized spacial score (nSPS) is 15.4. The standard InChI is InChI=1S/C25H17NO4S2/c27-23(28)11-12-26-24(29)22(32-25(26)31)14-16-9-10-21(30-16)20-13-15-5-1-2-6-17(15)18-7-3-4-8-19(18)20/h1-10,13-14H,11-12H2,(H,27,28). The molecule has 158 valence electrons. The Hall–Kier alpha value is -3.42. The van der Waals surface area contributed by atoms with E-state index in [1.165, 1.54) is 10.3 Å². The summed E-state index contributed by atoms with van der Waals surface area (Å²) < 4.78 is 6.46. The highest BCUT2D eigenvalue weighted by molar-refractivity contribution is 8.26. The van der Waals surface area contributed by atoms with Crippen LogP contribution in [0.2, 0.25) is 0 Å². The van der Waals surface area contributed by atoms with Gasteiger partial charge in [-0.3, -0.25) is 14.5 Å². The van der Waals surface area contributed by atoms with Gasteiger partial charge >= 0.3 is 5.97 Å². The highest BCUT2D eigenvalue weighted by Gasteiger charge is 2.32. The summed E-state index contributed by atoms with van der Waals surface area (Å²) in [6.45, 7) is 0.0593. The van der Waals surface area contributed by atoms with Crippen LogP contribution in [0.25, 0.3) is 38.9 Å². The Kier molecular flexibility index (Phi) is 5.28. The average molecular weight is 460 g/mol. The Morgan fingerprint density at radius 2 is 1.75 bits per heavy atom. The van der Waals surface area contributed by atoms with E-state index in [0.29, 0.717) is 20.7 Å². The van der Waals surface area contributed by atoms with Crippen molar-refractivity contribution in [2.75, 3.05) is 6.54 Å². The molecule has 1 saturated heterocycles. The highest BCUT2D eigenvalue weighted by atomic mass is 32.2.